The average Bonchev–Trinajstić information content (AvgIpc) is 2.63. The number of rotatable bonds is 6. The van der Waals surface area contributed by atoms with E-state index < -0.39 is 0 Å². The molecule has 0 saturated heterocycles. The highest BCUT2D eigenvalue weighted by Gasteiger charge is 2.15. The van der Waals surface area contributed by atoms with Gasteiger partial charge in [-0.15, -0.1) is 0 Å². The molecule has 1 heterocycles. The maximum absolute atomic E-state index is 5.65. The largest absolute Gasteiger partial charge is 0.448 e. The van der Waals surface area contributed by atoms with E-state index in [0.29, 0.717) is 11.8 Å². The Morgan fingerprint density at radius 2 is 2.07 bits per heavy atom. The predicted octanol–water partition coefficient (Wildman–Crippen LogP) is 2.03. The third kappa shape index (κ3) is 3.83. The number of hydrogen-bond donors (Lipinski definition) is 1. The van der Waals surface area contributed by atoms with Crippen LogP contribution in [0.15, 0.2) is 16.5 Å². The number of nitrogens with one attached hydrogen (secondary N) is 1. The predicted molar refractivity (Wildman–Crippen MR) is 57.8 cm³/mol. The lowest BCUT2D eigenvalue weighted by Gasteiger charge is -2.21. The normalized spacial score (nSPS) is 13.4. The Hall–Kier alpha value is -0.550. The number of halogens is 1. The molecule has 4 nitrogen and oxygen atoms in total. The number of methoxy groups -OCH3 is 2. The van der Waals surface area contributed by atoms with E-state index in [9.17, 15) is 0 Å². The van der Waals surface area contributed by atoms with E-state index in [1.165, 1.54) is 0 Å². The topological polar surface area (TPSA) is 43.6 Å². The Bertz CT molecular complexity index is 286. The van der Waals surface area contributed by atoms with E-state index in [2.05, 4.69) is 5.32 Å². The van der Waals surface area contributed by atoms with Gasteiger partial charge < -0.3 is 19.2 Å². The minimum absolute atomic E-state index is 0.0730. The molecule has 15 heavy (non-hydrogen) atoms. The van der Waals surface area contributed by atoms with Crippen LogP contribution in [0.2, 0.25) is 5.22 Å². The van der Waals surface area contributed by atoms with Gasteiger partial charge >= 0.3 is 0 Å². The van der Waals surface area contributed by atoms with Crippen molar-refractivity contribution in [2.24, 2.45) is 0 Å². The van der Waals surface area contributed by atoms with Gasteiger partial charge in [-0.2, -0.15) is 0 Å². The van der Waals surface area contributed by atoms with Crippen LogP contribution < -0.4 is 5.32 Å². The first-order valence-electron chi connectivity index (χ1n) is 4.70. The van der Waals surface area contributed by atoms with Gasteiger partial charge in [-0.1, -0.05) is 0 Å². The zero-order valence-corrected chi connectivity index (χ0v) is 9.88. The van der Waals surface area contributed by atoms with Gasteiger partial charge in [0.2, 0.25) is 0 Å². The summed E-state index contributed by atoms with van der Waals surface area (Å²) in [6.45, 7) is 2.57. The Labute approximate surface area is 94.5 Å². The molecule has 1 rings (SSSR count). The van der Waals surface area contributed by atoms with Crippen molar-refractivity contribution in [2.45, 2.75) is 25.8 Å². The van der Waals surface area contributed by atoms with E-state index in [4.69, 9.17) is 25.5 Å². The second kappa shape index (κ2) is 6.12. The summed E-state index contributed by atoms with van der Waals surface area (Å²) in [5.41, 5.74) is 0. The van der Waals surface area contributed by atoms with Crippen LogP contribution in [0.4, 0.5) is 0 Å². The van der Waals surface area contributed by atoms with Crippen molar-refractivity contribution in [1.82, 2.24) is 5.32 Å². The molecule has 0 spiro atoms. The first-order chi connectivity index (χ1) is 7.17. The minimum Gasteiger partial charge on any atom is -0.448 e. The second-order valence-corrected chi connectivity index (χ2v) is 3.59. The van der Waals surface area contributed by atoms with Gasteiger partial charge in [0.25, 0.3) is 0 Å². The fourth-order valence-corrected chi connectivity index (χ4v) is 1.47. The van der Waals surface area contributed by atoms with Crippen molar-refractivity contribution in [3.8, 4) is 0 Å². The van der Waals surface area contributed by atoms with Crippen LogP contribution in [0.1, 0.15) is 12.7 Å². The summed E-state index contributed by atoms with van der Waals surface area (Å²) in [5, 5.41) is 3.61. The van der Waals surface area contributed by atoms with Crippen molar-refractivity contribution in [1.29, 1.82) is 0 Å². The summed E-state index contributed by atoms with van der Waals surface area (Å²) in [4.78, 5) is 0. The Balaban J connectivity index is 2.36. The minimum atomic E-state index is -0.268. The standard InChI is InChI=1S/C10H16ClNO3/c1-7(10(13-2)14-3)12-6-8-4-5-9(11)15-8/h4-5,7,10,12H,6H2,1-3H3. The highest BCUT2D eigenvalue weighted by molar-refractivity contribution is 6.28. The Morgan fingerprint density at radius 1 is 1.40 bits per heavy atom. The van der Waals surface area contributed by atoms with Crippen molar-refractivity contribution in [2.75, 3.05) is 14.2 Å². The molecule has 0 saturated carbocycles. The monoisotopic (exact) mass is 233 g/mol. The molecule has 5 heteroatoms. The van der Waals surface area contributed by atoms with Crippen molar-refractivity contribution < 1.29 is 13.9 Å². The third-order valence-corrected chi connectivity index (χ3v) is 2.30. The summed E-state index contributed by atoms with van der Waals surface area (Å²) < 4.78 is 15.4. The first-order valence-corrected chi connectivity index (χ1v) is 5.08. The summed E-state index contributed by atoms with van der Waals surface area (Å²) in [6, 6.07) is 3.62. The molecule has 0 fully saturated rings. The molecule has 1 atom stereocenters. The zero-order valence-electron chi connectivity index (χ0n) is 9.12. The van der Waals surface area contributed by atoms with Gasteiger partial charge in [0.05, 0.1) is 12.6 Å². The molecule has 0 aliphatic carbocycles. The SMILES string of the molecule is COC(OC)C(C)NCc1ccc(Cl)o1. The van der Waals surface area contributed by atoms with Gasteiger partial charge in [-0.3, -0.25) is 0 Å². The molecular formula is C10H16ClNO3. The van der Waals surface area contributed by atoms with Crippen LogP contribution in [0, 0.1) is 0 Å². The molecule has 1 aromatic heterocycles. The van der Waals surface area contributed by atoms with E-state index in [0.717, 1.165) is 5.76 Å². The zero-order chi connectivity index (χ0) is 11.3. The van der Waals surface area contributed by atoms with E-state index in [-0.39, 0.29) is 12.3 Å². The number of hydrogen-bond acceptors (Lipinski definition) is 4. The molecule has 0 radical (unpaired) electrons. The van der Waals surface area contributed by atoms with Crippen molar-refractivity contribution in [3.05, 3.63) is 23.1 Å². The molecule has 0 aromatic carbocycles. The maximum Gasteiger partial charge on any atom is 0.193 e. The highest BCUT2D eigenvalue weighted by atomic mass is 35.5. The van der Waals surface area contributed by atoms with Gasteiger partial charge in [0.1, 0.15) is 5.76 Å². The summed E-state index contributed by atoms with van der Waals surface area (Å²) in [5.74, 6) is 0.790. The molecule has 0 bridgehead atoms. The Kier molecular flexibility index (Phi) is 5.11. The van der Waals surface area contributed by atoms with Crippen LogP contribution in [-0.4, -0.2) is 26.6 Å². The fourth-order valence-electron chi connectivity index (χ4n) is 1.31. The van der Waals surface area contributed by atoms with Crippen molar-refractivity contribution >= 4 is 11.6 Å². The third-order valence-electron chi connectivity index (χ3n) is 2.10. The second-order valence-electron chi connectivity index (χ2n) is 3.22. The van der Waals surface area contributed by atoms with Crippen LogP contribution in [0.25, 0.3) is 0 Å². The molecule has 0 aliphatic heterocycles. The summed E-state index contributed by atoms with van der Waals surface area (Å²) in [6.07, 6.45) is -0.268. The number of furan rings is 1. The molecule has 0 aliphatic rings. The van der Waals surface area contributed by atoms with Crippen LogP contribution >= 0.6 is 11.6 Å². The first kappa shape index (κ1) is 12.5. The maximum atomic E-state index is 5.65. The molecule has 1 aromatic rings. The lowest BCUT2D eigenvalue weighted by atomic mass is 10.3. The van der Waals surface area contributed by atoms with Crippen LogP contribution in [0.3, 0.4) is 0 Å². The van der Waals surface area contributed by atoms with E-state index >= 15 is 0 Å². The summed E-state index contributed by atoms with van der Waals surface area (Å²) in [7, 11) is 3.21. The van der Waals surface area contributed by atoms with Gasteiger partial charge in [-0.25, -0.2) is 0 Å². The van der Waals surface area contributed by atoms with Crippen LogP contribution in [0.5, 0.6) is 0 Å². The van der Waals surface area contributed by atoms with Crippen molar-refractivity contribution in [3.63, 3.8) is 0 Å². The molecule has 0 amide bonds. The molecule has 1 unspecified atom stereocenters. The van der Waals surface area contributed by atoms with Crippen LogP contribution in [-0.2, 0) is 16.0 Å². The van der Waals surface area contributed by atoms with E-state index in [1.807, 2.05) is 13.0 Å². The fraction of sp³-hybridized carbons (Fsp3) is 0.600. The molecule has 86 valence electrons. The van der Waals surface area contributed by atoms with Gasteiger partial charge in [-0.05, 0) is 30.7 Å². The van der Waals surface area contributed by atoms with E-state index in [1.54, 1.807) is 20.3 Å². The van der Waals surface area contributed by atoms with Gasteiger partial charge in [0.15, 0.2) is 11.5 Å². The molecule has 1 N–H and O–H groups in total. The summed E-state index contributed by atoms with van der Waals surface area (Å²) >= 11 is 5.65. The average molecular weight is 234 g/mol. The highest BCUT2D eigenvalue weighted by Crippen LogP contribution is 2.13. The quantitative estimate of drug-likeness (QED) is 0.764. The van der Waals surface area contributed by atoms with Gasteiger partial charge in [0, 0.05) is 14.2 Å². The lowest BCUT2D eigenvalue weighted by molar-refractivity contribution is -0.119. The lowest BCUT2D eigenvalue weighted by Crippen LogP contribution is -2.39. The molecular weight excluding hydrogens is 218 g/mol. The smallest absolute Gasteiger partial charge is 0.193 e. The Morgan fingerprint density at radius 3 is 2.53 bits per heavy atom. The number of ether oxygens (including phenoxy) is 2.